The van der Waals surface area contributed by atoms with Crippen molar-refractivity contribution in [1.82, 2.24) is 5.32 Å². The number of amides is 1. The molecule has 1 aliphatic rings. The van der Waals surface area contributed by atoms with E-state index < -0.39 is 9.84 Å². The van der Waals surface area contributed by atoms with Crippen LogP contribution in [0.3, 0.4) is 0 Å². The van der Waals surface area contributed by atoms with E-state index in [1.54, 1.807) is 24.3 Å². The van der Waals surface area contributed by atoms with Crippen LogP contribution in [0.2, 0.25) is 0 Å². The summed E-state index contributed by atoms with van der Waals surface area (Å²) in [5, 5.41) is 3.02. The minimum Gasteiger partial charge on any atom is -0.493 e. The number of sulfone groups is 1. The number of fused-ring (bicyclic) bond motifs is 1. The highest BCUT2D eigenvalue weighted by atomic mass is 79.9. The topological polar surface area (TPSA) is 72.5 Å². The SMILES string of the molecule is CS(=O)(=O)Cc1cccc(C(=O)NC2CCOc3ccc(Br)cc32)c1. The van der Waals surface area contributed by atoms with Crippen LogP contribution in [0.1, 0.15) is 33.9 Å². The lowest BCUT2D eigenvalue weighted by molar-refractivity contribution is 0.0924. The molecular formula is C18H18BrNO4S. The van der Waals surface area contributed by atoms with Crippen molar-refractivity contribution in [3.8, 4) is 5.75 Å². The van der Waals surface area contributed by atoms with E-state index >= 15 is 0 Å². The number of benzene rings is 2. The Hall–Kier alpha value is -1.86. The fourth-order valence-corrected chi connectivity index (χ4v) is 4.03. The van der Waals surface area contributed by atoms with E-state index in [0.717, 1.165) is 15.8 Å². The van der Waals surface area contributed by atoms with Gasteiger partial charge in [-0.1, -0.05) is 28.1 Å². The molecule has 1 atom stereocenters. The van der Waals surface area contributed by atoms with Gasteiger partial charge in [-0.3, -0.25) is 4.79 Å². The third kappa shape index (κ3) is 4.61. The smallest absolute Gasteiger partial charge is 0.251 e. The maximum atomic E-state index is 12.6. The van der Waals surface area contributed by atoms with Crippen molar-refractivity contribution in [1.29, 1.82) is 0 Å². The zero-order valence-electron chi connectivity index (χ0n) is 13.7. The fraction of sp³-hybridized carbons (Fsp3) is 0.278. The minimum absolute atomic E-state index is 0.0822. The summed E-state index contributed by atoms with van der Waals surface area (Å²) in [6, 6.07) is 12.3. The van der Waals surface area contributed by atoms with Crippen molar-refractivity contribution < 1.29 is 17.9 Å². The molecule has 2 aromatic carbocycles. The summed E-state index contributed by atoms with van der Waals surface area (Å²) >= 11 is 3.44. The summed E-state index contributed by atoms with van der Waals surface area (Å²) in [6.07, 6.45) is 1.86. The summed E-state index contributed by atoms with van der Waals surface area (Å²) in [5.74, 6) is 0.458. The summed E-state index contributed by atoms with van der Waals surface area (Å²) in [5.41, 5.74) is 1.98. The highest BCUT2D eigenvalue weighted by Crippen LogP contribution is 2.34. The van der Waals surface area contributed by atoms with Crippen LogP contribution >= 0.6 is 15.9 Å². The summed E-state index contributed by atoms with van der Waals surface area (Å²) in [4.78, 5) is 12.6. The second-order valence-electron chi connectivity index (χ2n) is 6.12. The largest absolute Gasteiger partial charge is 0.493 e. The maximum Gasteiger partial charge on any atom is 0.251 e. The first-order chi connectivity index (χ1) is 11.8. The van der Waals surface area contributed by atoms with Gasteiger partial charge in [0.05, 0.1) is 18.4 Å². The van der Waals surface area contributed by atoms with E-state index in [4.69, 9.17) is 4.74 Å². The lowest BCUT2D eigenvalue weighted by Crippen LogP contribution is -2.32. The number of carbonyl (C=O) groups is 1. The van der Waals surface area contributed by atoms with E-state index in [2.05, 4.69) is 21.2 Å². The molecule has 0 aliphatic carbocycles. The molecule has 0 fully saturated rings. The van der Waals surface area contributed by atoms with E-state index in [0.29, 0.717) is 24.2 Å². The van der Waals surface area contributed by atoms with Crippen molar-refractivity contribution in [3.05, 3.63) is 63.6 Å². The Balaban J connectivity index is 1.80. The number of ether oxygens (including phenoxy) is 1. The van der Waals surface area contributed by atoms with Crippen LogP contribution in [0.25, 0.3) is 0 Å². The van der Waals surface area contributed by atoms with Crippen LogP contribution in [0, 0.1) is 0 Å². The molecule has 25 heavy (non-hydrogen) atoms. The third-order valence-corrected chi connectivity index (χ3v) is 5.29. The van der Waals surface area contributed by atoms with Crippen molar-refractivity contribution in [2.75, 3.05) is 12.9 Å². The van der Waals surface area contributed by atoms with Crippen molar-refractivity contribution >= 4 is 31.7 Å². The van der Waals surface area contributed by atoms with Crippen LogP contribution in [-0.4, -0.2) is 27.2 Å². The first-order valence-corrected chi connectivity index (χ1v) is 10.7. The number of carbonyl (C=O) groups excluding carboxylic acids is 1. The molecule has 0 spiro atoms. The Morgan fingerprint density at radius 1 is 1.28 bits per heavy atom. The molecule has 1 amide bonds. The molecule has 0 aromatic heterocycles. The zero-order chi connectivity index (χ0) is 18.0. The molecule has 0 saturated heterocycles. The first kappa shape index (κ1) is 17.9. The van der Waals surface area contributed by atoms with Gasteiger partial charge in [-0.2, -0.15) is 0 Å². The first-order valence-electron chi connectivity index (χ1n) is 7.81. The monoisotopic (exact) mass is 423 g/mol. The molecule has 1 unspecified atom stereocenters. The Labute approximate surface area is 155 Å². The van der Waals surface area contributed by atoms with Crippen molar-refractivity contribution in [3.63, 3.8) is 0 Å². The van der Waals surface area contributed by atoms with Crippen LogP contribution in [0.15, 0.2) is 46.9 Å². The quantitative estimate of drug-likeness (QED) is 0.818. The molecule has 1 heterocycles. The van der Waals surface area contributed by atoms with Gasteiger partial charge in [-0.15, -0.1) is 0 Å². The second kappa shape index (κ2) is 7.17. The predicted molar refractivity (Wildman–Crippen MR) is 99.5 cm³/mol. The lowest BCUT2D eigenvalue weighted by atomic mass is 10.00. The number of hydrogen-bond donors (Lipinski definition) is 1. The van der Waals surface area contributed by atoms with Gasteiger partial charge in [0.25, 0.3) is 5.91 Å². The second-order valence-corrected chi connectivity index (χ2v) is 9.17. The minimum atomic E-state index is -3.15. The third-order valence-electron chi connectivity index (χ3n) is 3.93. The van der Waals surface area contributed by atoms with Crippen LogP contribution in [0.5, 0.6) is 5.75 Å². The molecule has 0 bridgehead atoms. The van der Waals surface area contributed by atoms with Gasteiger partial charge in [-0.25, -0.2) is 8.42 Å². The number of halogens is 1. The predicted octanol–water partition coefficient (Wildman–Crippen LogP) is 3.25. The Kier molecular flexibility index (Phi) is 5.15. The Morgan fingerprint density at radius 2 is 2.08 bits per heavy atom. The van der Waals surface area contributed by atoms with Gasteiger partial charge in [0, 0.05) is 28.3 Å². The average Bonchev–Trinajstić information content (AvgIpc) is 2.54. The normalized spacial score (nSPS) is 16.6. The molecule has 0 saturated carbocycles. The molecule has 7 heteroatoms. The zero-order valence-corrected chi connectivity index (χ0v) is 16.1. The fourth-order valence-electron chi connectivity index (χ4n) is 2.86. The molecule has 1 N–H and O–H groups in total. The van der Waals surface area contributed by atoms with Gasteiger partial charge < -0.3 is 10.1 Å². The average molecular weight is 424 g/mol. The van der Waals surface area contributed by atoms with E-state index in [1.807, 2.05) is 18.2 Å². The number of nitrogens with one attached hydrogen (secondary N) is 1. The highest BCUT2D eigenvalue weighted by Gasteiger charge is 2.24. The molecule has 2 aromatic rings. The van der Waals surface area contributed by atoms with Crippen LogP contribution in [0.4, 0.5) is 0 Å². The number of hydrogen-bond acceptors (Lipinski definition) is 4. The Morgan fingerprint density at radius 3 is 2.84 bits per heavy atom. The van der Waals surface area contributed by atoms with Crippen molar-refractivity contribution in [2.24, 2.45) is 0 Å². The highest BCUT2D eigenvalue weighted by molar-refractivity contribution is 9.10. The van der Waals surface area contributed by atoms with E-state index in [1.165, 1.54) is 6.26 Å². The Bertz CT molecular complexity index is 911. The molecule has 3 rings (SSSR count). The van der Waals surface area contributed by atoms with Gasteiger partial charge in [0.2, 0.25) is 0 Å². The van der Waals surface area contributed by atoms with Gasteiger partial charge in [0.1, 0.15) is 5.75 Å². The van der Waals surface area contributed by atoms with Gasteiger partial charge in [0.15, 0.2) is 9.84 Å². The van der Waals surface area contributed by atoms with Gasteiger partial charge >= 0.3 is 0 Å². The van der Waals surface area contributed by atoms with Crippen molar-refractivity contribution in [2.45, 2.75) is 18.2 Å². The van der Waals surface area contributed by atoms with E-state index in [9.17, 15) is 13.2 Å². The van der Waals surface area contributed by atoms with E-state index in [-0.39, 0.29) is 17.7 Å². The molecule has 132 valence electrons. The summed E-state index contributed by atoms with van der Waals surface area (Å²) in [7, 11) is -3.15. The molecule has 0 radical (unpaired) electrons. The number of rotatable bonds is 4. The molecule has 5 nitrogen and oxygen atoms in total. The molecular weight excluding hydrogens is 406 g/mol. The summed E-state index contributed by atoms with van der Waals surface area (Å²) in [6.45, 7) is 0.535. The van der Waals surface area contributed by atoms with Crippen LogP contribution in [-0.2, 0) is 15.6 Å². The van der Waals surface area contributed by atoms with Gasteiger partial charge in [-0.05, 0) is 35.9 Å². The maximum absolute atomic E-state index is 12.6. The summed E-state index contributed by atoms with van der Waals surface area (Å²) < 4.78 is 29.5. The van der Waals surface area contributed by atoms with Crippen LogP contribution < -0.4 is 10.1 Å². The molecule has 1 aliphatic heterocycles. The lowest BCUT2D eigenvalue weighted by Gasteiger charge is -2.27. The standard InChI is InChI=1S/C18H18BrNO4S/c1-25(22,23)11-12-3-2-4-13(9-12)18(21)20-16-7-8-24-17-6-5-14(19)10-15(16)17/h2-6,9-10,16H,7-8,11H2,1H3,(H,20,21).